The van der Waals surface area contributed by atoms with Crippen molar-refractivity contribution in [2.24, 2.45) is 5.92 Å². The van der Waals surface area contributed by atoms with E-state index in [0.29, 0.717) is 19.0 Å². The highest BCUT2D eigenvalue weighted by Gasteiger charge is 2.29. The van der Waals surface area contributed by atoms with Crippen LogP contribution >= 0.6 is 0 Å². The highest BCUT2D eigenvalue weighted by atomic mass is 16.5. The molecule has 0 aromatic heterocycles. The molecule has 2 heterocycles. The number of morpholine rings is 1. The van der Waals surface area contributed by atoms with Crippen molar-refractivity contribution in [3.63, 3.8) is 0 Å². The van der Waals surface area contributed by atoms with E-state index in [1.807, 2.05) is 0 Å². The lowest BCUT2D eigenvalue weighted by Gasteiger charge is -2.41. The average Bonchev–Trinajstić information content (AvgIpc) is 2.55. The molecule has 0 aromatic rings. The number of hydrogen-bond acceptors (Lipinski definition) is 5. The SMILES string of the molecule is CC(C)(CNC(=O)CN1CCC(CO)CC1)N1CCOCC1. The summed E-state index contributed by atoms with van der Waals surface area (Å²) in [5.41, 5.74) is -0.0384. The number of nitrogens with one attached hydrogen (secondary N) is 1. The zero-order chi connectivity index (χ0) is 16.0. The van der Waals surface area contributed by atoms with Crippen molar-refractivity contribution in [1.29, 1.82) is 0 Å². The third-order valence-corrected chi connectivity index (χ3v) is 4.92. The first kappa shape index (κ1) is 17.7. The molecule has 2 N–H and O–H groups in total. The van der Waals surface area contributed by atoms with E-state index in [9.17, 15) is 4.79 Å². The molecule has 0 radical (unpaired) electrons. The topological polar surface area (TPSA) is 65.0 Å². The Labute approximate surface area is 133 Å². The third kappa shape index (κ3) is 5.19. The lowest BCUT2D eigenvalue weighted by atomic mass is 9.98. The fraction of sp³-hybridized carbons (Fsp3) is 0.938. The highest BCUT2D eigenvalue weighted by molar-refractivity contribution is 5.78. The molecule has 0 aliphatic carbocycles. The van der Waals surface area contributed by atoms with E-state index in [4.69, 9.17) is 9.84 Å². The molecule has 1 amide bonds. The van der Waals surface area contributed by atoms with Crippen molar-refractivity contribution in [2.75, 3.05) is 59.1 Å². The van der Waals surface area contributed by atoms with Crippen LogP contribution in [0.15, 0.2) is 0 Å². The lowest BCUT2D eigenvalue weighted by molar-refractivity contribution is -0.123. The van der Waals surface area contributed by atoms with Crippen LogP contribution in [0, 0.1) is 5.92 Å². The van der Waals surface area contributed by atoms with Gasteiger partial charge < -0.3 is 15.2 Å². The number of likely N-dealkylation sites (tertiary alicyclic amines) is 1. The number of carbonyl (C=O) groups excluding carboxylic acids is 1. The van der Waals surface area contributed by atoms with E-state index in [1.54, 1.807) is 0 Å². The van der Waals surface area contributed by atoms with Crippen LogP contribution in [0.3, 0.4) is 0 Å². The summed E-state index contributed by atoms with van der Waals surface area (Å²) in [6, 6.07) is 0. The second-order valence-electron chi connectivity index (χ2n) is 7.09. The van der Waals surface area contributed by atoms with Gasteiger partial charge >= 0.3 is 0 Å². The van der Waals surface area contributed by atoms with Crippen molar-refractivity contribution in [2.45, 2.75) is 32.2 Å². The van der Waals surface area contributed by atoms with Gasteiger partial charge in [0.25, 0.3) is 0 Å². The molecule has 6 heteroatoms. The Hall–Kier alpha value is -0.690. The predicted molar refractivity (Wildman–Crippen MR) is 85.7 cm³/mol. The Morgan fingerprint density at radius 3 is 2.45 bits per heavy atom. The van der Waals surface area contributed by atoms with Crippen LogP contribution in [0.25, 0.3) is 0 Å². The molecule has 0 unspecified atom stereocenters. The maximum absolute atomic E-state index is 12.1. The molecule has 2 fully saturated rings. The number of aliphatic hydroxyl groups is 1. The molecule has 0 bridgehead atoms. The Morgan fingerprint density at radius 1 is 1.23 bits per heavy atom. The summed E-state index contributed by atoms with van der Waals surface area (Å²) in [7, 11) is 0. The van der Waals surface area contributed by atoms with Crippen LogP contribution in [0.2, 0.25) is 0 Å². The fourth-order valence-corrected chi connectivity index (χ4v) is 3.18. The first-order valence-electron chi connectivity index (χ1n) is 8.44. The summed E-state index contributed by atoms with van der Waals surface area (Å²) in [5.74, 6) is 0.517. The number of hydrogen-bond donors (Lipinski definition) is 2. The molecule has 0 saturated carbocycles. The van der Waals surface area contributed by atoms with Crippen molar-refractivity contribution >= 4 is 5.91 Å². The smallest absolute Gasteiger partial charge is 0.234 e. The summed E-state index contributed by atoms with van der Waals surface area (Å²) in [5, 5.41) is 12.2. The second kappa shape index (κ2) is 8.24. The minimum atomic E-state index is -0.0384. The van der Waals surface area contributed by atoms with E-state index in [2.05, 4.69) is 29.0 Å². The van der Waals surface area contributed by atoms with Gasteiger partial charge in [-0.3, -0.25) is 14.6 Å². The van der Waals surface area contributed by atoms with Gasteiger partial charge in [0.15, 0.2) is 0 Å². The number of rotatable bonds is 6. The van der Waals surface area contributed by atoms with E-state index in [1.165, 1.54) is 0 Å². The Bertz CT molecular complexity index is 349. The quantitative estimate of drug-likeness (QED) is 0.718. The van der Waals surface area contributed by atoms with Gasteiger partial charge in [0.2, 0.25) is 5.91 Å². The summed E-state index contributed by atoms with van der Waals surface area (Å²) in [6.07, 6.45) is 1.98. The second-order valence-corrected chi connectivity index (χ2v) is 7.09. The monoisotopic (exact) mass is 313 g/mol. The van der Waals surface area contributed by atoms with Crippen LogP contribution in [0.5, 0.6) is 0 Å². The molecule has 2 rings (SSSR count). The molecule has 0 spiro atoms. The van der Waals surface area contributed by atoms with Gasteiger partial charge in [-0.25, -0.2) is 0 Å². The van der Waals surface area contributed by atoms with Gasteiger partial charge in [0.05, 0.1) is 19.8 Å². The lowest BCUT2D eigenvalue weighted by Crippen LogP contribution is -2.56. The normalized spacial score (nSPS) is 22.7. The molecule has 2 saturated heterocycles. The fourth-order valence-electron chi connectivity index (χ4n) is 3.18. The molecular weight excluding hydrogens is 282 g/mol. The van der Waals surface area contributed by atoms with Crippen LogP contribution in [-0.4, -0.2) is 85.4 Å². The third-order valence-electron chi connectivity index (χ3n) is 4.92. The van der Waals surface area contributed by atoms with Crippen molar-refractivity contribution < 1.29 is 14.6 Å². The minimum absolute atomic E-state index is 0.0384. The number of piperidine rings is 1. The minimum Gasteiger partial charge on any atom is -0.396 e. The van der Waals surface area contributed by atoms with Gasteiger partial charge in [-0.1, -0.05) is 0 Å². The summed E-state index contributed by atoms with van der Waals surface area (Å²) >= 11 is 0. The maximum Gasteiger partial charge on any atom is 0.234 e. The molecule has 22 heavy (non-hydrogen) atoms. The molecule has 2 aliphatic rings. The Kier molecular flexibility index (Phi) is 6.62. The van der Waals surface area contributed by atoms with Gasteiger partial charge in [0.1, 0.15) is 0 Å². The first-order chi connectivity index (χ1) is 10.5. The molecule has 128 valence electrons. The highest BCUT2D eigenvalue weighted by Crippen LogP contribution is 2.17. The van der Waals surface area contributed by atoms with Crippen LogP contribution in [0.4, 0.5) is 0 Å². The summed E-state index contributed by atoms with van der Waals surface area (Å²) in [6.45, 7) is 11.0. The van der Waals surface area contributed by atoms with E-state index >= 15 is 0 Å². The first-order valence-corrected chi connectivity index (χ1v) is 8.44. The number of aliphatic hydroxyl groups excluding tert-OH is 1. The number of carbonyl (C=O) groups is 1. The van der Waals surface area contributed by atoms with Gasteiger partial charge in [0, 0.05) is 31.8 Å². The summed E-state index contributed by atoms with van der Waals surface area (Å²) < 4.78 is 5.39. The number of nitrogens with zero attached hydrogens (tertiary/aromatic N) is 2. The van der Waals surface area contributed by atoms with Gasteiger partial charge in [-0.15, -0.1) is 0 Å². The zero-order valence-corrected chi connectivity index (χ0v) is 14.0. The van der Waals surface area contributed by atoms with E-state index in [0.717, 1.165) is 52.2 Å². The molecule has 0 aromatic carbocycles. The largest absolute Gasteiger partial charge is 0.396 e. The maximum atomic E-state index is 12.1. The van der Waals surface area contributed by atoms with Gasteiger partial charge in [-0.2, -0.15) is 0 Å². The Balaban J connectivity index is 1.68. The van der Waals surface area contributed by atoms with Crippen LogP contribution in [-0.2, 0) is 9.53 Å². The molecule has 6 nitrogen and oxygen atoms in total. The number of amides is 1. The standard InChI is InChI=1S/C16H31N3O3/c1-16(2,19-7-9-22-10-8-19)13-17-15(21)11-18-5-3-14(12-20)4-6-18/h14,20H,3-13H2,1-2H3,(H,17,21). The van der Waals surface area contributed by atoms with Crippen LogP contribution in [0.1, 0.15) is 26.7 Å². The van der Waals surface area contributed by atoms with Crippen molar-refractivity contribution in [3.05, 3.63) is 0 Å². The van der Waals surface area contributed by atoms with Crippen LogP contribution < -0.4 is 5.32 Å². The zero-order valence-electron chi connectivity index (χ0n) is 14.0. The number of ether oxygens (including phenoxy) is 1. The van der Waals surface area contributed by atoms with Gasteiger partial charge in [-0.05, 0) is 45.7 Å². The Morgan fingerprint density at radius 2 is 1.86 bits per heavy atom. The molecule has 2 aliphatic heterocycles. The van der Waals surface area contributed by atoms with Crippen molar-refractivity contribution in [1.82, 2.24) is 15.1 Å². The van der Waals surface area contributed by atoms with Crippen molar-refractivity contribution in [3.8, 4) is 0 Å². The summed E-state index contributed by atoms with van der Waals surface area (Å²) in [4.78, 5) is 16.7. The van der Waals surface area contributed by atoms with E-state index < -0.39 is 0 Å². The average molecular weight is 313 g/mol. The predicted octanol–water partition coefficient (Wildman–Crippen LogP) is -0.0823. The molecule has 0 atom stereocenters. The molecular formula is C16H31N3O3. The van der Waals surface area contributed by atoms with E-state index in [-0.39, 0.29) is 18.1 Å².